The summed E-state index contributed by atoms with van der Waals surface area (Å²) in [6.07, 6.45) is 1.54. The molecule has 0 radical (unpaired) electrons. The fourth-order valence-corrected chi connectivity index (χ4v) is 2.27. The molecule has 5 nitrogen and oxygen atoms in total. The summed E-state index contributed by atoms with van der Waals surface area (Å²) in [4.78, 5) is 4.20. The van der Waals surface area contributed by atoms with Crippen molar-refractivity contribution in [1.29, 1.82) is 5.26 Å². The number of methoxy groups -OCH3 is 1. The fourth-order valence-electron chi connectivity index (χ4n) is 2.27. The van der Waals surface area contributed by atoms with Crippen molar-refractivity contribution in [1.82, 2.24) is 4.98 Å². The number of nitrogens with zero attached hydrogens (tertiary/aromatic N) is 2. The van der Waals surface area contributed by atoms with Gasteiger partial charge < -0.3 is 14.5 Å². The largest absolute Gasteiger partial charge is 0.493 e. The highest BCUT2D eigenvalue weighted by molar-refractivity contribution is 5.83. The van der Waals surface area contributed by atoms with Crippen molar-refractivity contribution in [2.45, 2.75) is 13.0 Å². The van der Waals surface area contributed by atoms with E-state index >= 15 is 0 Å². The predicted molar refractivity (Wildman–Crippen MR) is 83.8 cm³/mol. The molecule has 5 heteroatoms. The van der Waals surface area contributed by atoms with Crippen molar-refractivity contribution in [3.05, 3.63) is 53.9 Å². The van der Waals surface area contributed by atoms with E-state index in [0.717, 1.165) is 16.7 Å². The molecule has 0 aliphatic heterocycles. The van der Waals surface area contributed by atoms with E-state index in [1.807, 2.05) is 37.3 Å². The summed E-state index contributed by atoms with van der Waals surface area (Å²) >= 11 is 0. The highest BCUT2D eigenvalue weighted by Crippen LogP contribution is 2.31. The summed E-state index contributed by atoms with van der Waals surface area (Å²) in [5, 5.41) is 13.0. The molecule has 0 aliphatic carbocycles. The average Bonchev–Trinajstić information content (AvgIpc) is 2.99. The van der Waals surface area contributed by atoms with Gasteiger partial charge in [0.2, 0.25) is 0 Å². The van der Waals surface area contributed by atoms with Crippen LogP contribution in [0.15, 0.2) is 47.0 Å². The molecular formula is C17H15N3O2. The van der Waals surface area contributed by atoms with Gasteiger partial charge in [0, 0.05) is 11.6 Å². The van der Waals surface area contributed by atoms with Crippen LogP contribution in [-0.2, 0) is 0 Å². The minimum absolute atomic E-state index is 0.0578. The zero-order valence-electron chi connectivity index (χ0n) is 12.3. The second kappa shape index (κ2) is 5.78. The van der Waals surface area contributed by atoms with E-state index in [2.05, 4.69) is 10.3 Å². The number of rotatable bonds is 4. The van der Waals surface area contributed by atoms with Gasteiger partial charge in [-0.05, 0) is 31.2 Å². The minimum Gasteiger partial charge on any atom is -0.493 e. The first-order valence-corrected chi connectivity index (χ1v) is 6.90. The van der Waals surface area contributed by atoms with E-state index in [0.29, 0.717) is 17.1 Å². The molecule has 0 saturated carbocycles. The second-order valence-electron chi connectivity index (χ2n) is 4.94. The smallest absolute Gasteiger partial charge is 0.176 e. The van der Waals surface area contributed by atoms with Crippen molar-refractivity contribution >= 4 is 16.8 Å². The summed E-state index contributed by atoms with van der Waals surface area (Å²) in [5.74, 6) is 2.21. The average molecular weight is 293 g/mol. The molecule has 1 aromatic carbocycles. The molecule has 0 amide bonds. The number of fused-ring (bicyclic) bond motifs is 1. The van der Waals surface area contributed by atoms with Crippen LogP contribution in [0.1, 0.15) is 24.3 Å². The Bertz CT molecular complexity index is 831. The number of pyridine rings is 1. The van der Waals surface area contributed by atoms with Gasteiger partial charge in [-0.2, -0.15) is 5.26 Å². The standard InChI is InChI=1S/C17H15N3O2/c1-11(20-16-7-6-12(9-18)10-19-16)15-8-13-4-3-5-14(21-2)17(13)22-15/h3-8,10-11H,1-2H3,(H,19,20)/t11-/m1/s1. The molecule has 0 unspecified atom stereocenters. The Morgan fingerprint density at radius 1 is 1.32 bits per heavy atom. The highest BCUT2D eigenvalue weighted by atomic mass is 16.5. The highest BCUT2D eigenvalue weighted by Gasteiger charge is 2.14. The van der Waals surface area contributed by atoms with Crippen LogP contribution in [0.3, 0.4) is 0 Å². The van der Waals surface area contributed by atoms with Gasteiger partial charge in [0.1, 0.15) is 17.6 Å². The third-order valence-electron chi connectivity index (χ3n) is 3.43. The molecule has 1 atom stereocenters. The molecule has 0 aliphatic rings. The molecule has 22 heavy (non-hydrogen) atoms. The molecule has 0 spiro atoms. The Labute approximate surface area is 128 Å². The van der Waals surface area contributed by atoms with E-state index < -0.39 is 0 Å². The molecule has 0 saturated heterocycles. The van der Waals surface area contributed by atoms with Crippen molar-refractivity contribution in [3.63, 3.8) is 0 Å². The molecule has 110 valence electrons. The summed E-state index contributed by atoms with van der Waals surface area (Å²) in [6.45, 7) is 1.99. The molecule has 3 rings (SSSR count). The number of furan rings is 1. The first-order valence-electron chi connectivity index (χ1n) is 6.90. The number of ether oxygens (including phenoxy) is 1. The molecule has 0 bridgehead atoms. The topological polar surface area (TPSA) is 71.1 Å². The van der Waals surface area contributed by atoms with Gasteiger partial charge in [0.15, 0.2) is 11.3 Å². The monoisotopic (exact) mass is 293 g/mol. The van der Waals surface area contributed by atoms with Crippen LogP contribution >= 0.6 is 0 Å². The Morgan fingerprint density at radius 2 is 2.18 bits per heavy atom. The maximum atomic E-state index is 8.78. The van der Waals surface area contributed by atoms with Gasteiger partial charge in [-0.3, -0.25) is 0 Å². The van der Waals surface area contributed by atoms with E-state index in [4.69, 9.17) is 14.4 Å². The van der Waals surface area contributed by atoms with Gasteiger partial charge >= 0.3 is 0 Å². The van der Waals surface area contributed by atoms with Crippen LogP contribution in [0.25, 0.3) is 11.0 Å². The van der Waals surface area contributed by atoms with Crippen LogP contribution < -0.4 is 10.1 Å². The number of anilines is 1. The summed E-state index contributed by atoms with van der Waals surface area (Å²) in [5.41, 5.74) is 1.27. The van der Waals surface area contributed by atoms with Crippen molar-refractivity contribution < 1.29 is 9.15 Å². The van der Waals surface area contributed by atoms with Gasteiger partial charge in [0.25, 0.3) is 0 Å². The zero-order valence-corrected chi connectivity index (χ0v) is 12.3. The van der Waals surface area contributed by atoms with Gasteiger partial charge in [-0.15, -0.1) is 0 Å². The van der Waals surface area contributed by atoms with E-state index in [9.17, 15) is 0 Å². The Hall–Kier alpha value is -3.00. The van der Waals surface area contributed by atoms with Crippen LogP contribution in [0.5, 0.6) is 5.75 Å². The summed E-state index contributed by atoms with van der Waals surface area (Å²) in [6, 6.07) is 13.3. The number of para-hydroxylation sites is 1. The van der Waals surface area contributed by atoms with Crippen LogP contribution in [0.2, 0.25) is 0 Å². The van der Waals surface area contributed by atoms with E-state index in [1.54, 1.807) is 19.2 Å². The lowest BCUT2D eigenvalue weighted by Gasteiger charge is -2.11. The van der Waals surface area contributed by atoms with Gasteiger partial charge in [-0.1, -0.05) is 12.1 Å². The quantitative estimate of drug-likeness (QED) is 0.790. The maximum absolute atomic E-state index is 8.78. The first-order chi connectivity index (χ1) is 10.7. The number of hydrogen-bond donors (Lipinski definition) is 1. The Morgan fingerprint density at radius 3 is 2.86 bits per heavy atom. The molecule has 2 heterocycles. The third-order valence-corrected chi connectivity index (χ3v) is 3.43. The molecule has 0 fully saturated rings. The lowest BCUT2D eigenvalue weighted by molar-refractivity contribution is 0.406. The van der Waals surface area contributed by atoms with E-state index in [-0.39, 0.29) is 6.04 Å². The summed E-state index contributed by atoms with van der Waals surface area (Å²) in [7, 11) is 1.62. The molecule has 3 aromatic rings. The van der Waals surface area contributed by atoms with Crippen LogP contribution in [0.4, 0.5) is 5.82 Å². The van der Waals surface area contributed by atoms with Crippen LogP contribution in [0, 0.1) is 11.3 Å². The van der Waals surface area contributed by atoms with Crippen LogP contribution in [-0.4, -0.2) is 12.1 Å². The summed E-state index contributed by atoms with van der Waals surface area (Å²) < 4.78 is 11.2. The number of nitrogens with one attached hydrogen (secondary N) is 1. The minimum atomic E-state index is -0.0578. The van der Waals surface area contributed by atoms with Gasteiger partial charge in [-0.25, -0.2) is 4.98 Å². The lowest BCUT2D eigenvalue weighted by Crippen LogP contribution is -2.06. The van der Waals surface area contributed by atoms with Gasteiger partial charge in [0.05, 0.1) is 18.7 Å². The Kier molecular flexibility index (Phi) is 3.67. The zero-order chi connectivity index (χ0) is 15.5. The van der Waals surface area contributed by atoms with Crippen molar-refractivity contribution in [3.8, 4) is 11.8 Å². The number of nitriles is 1. The SMILES string of the molecule is COc1cccc2cc([C@@H](C)Nc3ccc(C#N)cn3)oc12. The maximum Gasteiger partial charge on any atom is 0.176 e. The molecular weight excluding hydrogens is 278 g/mol. The van der Waals surface area contributed by atoms with E-state index in [1.165, 1.54) is 6.20 Å². The predicted octanol–water partition coefficient (Wildman–Crippen LogP) is 3.88. The molecule has 2 aromatic heterocycles. The number of benzene rings is 1. The Balaban J connectivity index is 1.85. The lowest BCUT2D eigenvalue weighted by atomic mass is 10.2. The van der Waals surface area contributed by atoms with Crippen molar-refractivity contribution in [2.24, 2.45) is 0 Å². The molecule has 1 N–H and O–H groups in total. The van der Waals surface area contributed by atoms with Crippen molar-refractivity contribution in [2.75, 3.05) is 12.4 Å². The number of hydrogen-bond acceptors (Lipinski definition) is 5. The third kappa shape index (κ3) is 2.59. The number of aromatic nitrogens is 1. The fraction of sp³-hybridized carbons (Fsp3) is 0.176. The second-order valence-corrected chi connectivity index (χ2v) is 4.94. The first kappa shape index (κ1) is 14.0. The normalized spacial score (nSPS) is 11.9.